The fourth-order valence-corrected chi connectivity index (χ4v) is 1.57. The number of aliphatic carboxylic acids is 1. The molecule has 0 atom stereocenters. The number of fused-ring (bicyclic) bond motifs is 1. The molecule has 0 spiro atoms. The maximum atomic E-state index is 11.6. The molecule has 0 aliphatic heterocycles. The number of carboxylic acid groups (broad SMARTS) is 1. The fourth-order valence-electron chi connectivity index (χ4n) is 1.57. The van der Waals surface area contributed by atoms with Crippen molar-refractivity contribution in [2.24, 2.45) is 4.99 Å². The van der Waals surface area contributed by atoms with Gasteiger partial charge in [-0.15, -0.1) is 0 Å². The summed E-state index contributed by atoms with van der Waals surface area (Å²) < 4.78 is 5.02. The van der Waals surface area contributed by atoms with E-state index in [4.69, 9.17) is 4.42 Å². The van der Waals surface area contributed by atoms with Crippen LogP contribution in [-0.2, 0) is 4.79 Å². The number of hydrogen-bond acceptors (Lipinski definition) is 6. The SMILES string of the molecule is O=C([O-])CCN=Cc1c(O)c2ccccc2oc1=O. The lowest BCUT2D eigenvalue weighted by Gasteiger charge is -2.02. The van der Waals surface area contributed by atoms with Gasteiger partial charge in [-0.2, -0.15) is 0 Å². The van der Waals surface area contributed by atoms with Gasteiger partial charge in [0.1, 0.15) is 16.9 Å². The van der Waals surface area contributed by atoms with Crippen LogP contribution in [0.25, 0.3) is 11.0 Å². The number of hydrogen-bond donors (Lipinski definition) is 1. The normalized spacial score (nSPS) is 11.2. The van der Waals surface area contributed by atoms with Gasteiger partial charge in [0.15, 0.2) is 0 Å². The molecule has 1 aromatic carbocycles. The summed E-state index contributed by atoms with van der Waals surface area (Å²) in [7, 11) is 0. The zero-order chi connectivity index (χ0) is 13.8. The van der Waals surface area contributed by atoms with Crippen molar-refractivity contribution in [1.82, 2.24) is 0 Å². The van der Waals surface area contributed by atoms with Crippen LogP contribution in [0.15, 0.2) is 38.5 Å². The fraction of sp³-hybridized carbons (Fsp3) is 0.154. The van der Waals surface area contributed by atoms with Crippen LogP contribution in [0, 0.1) is 0 Å². The van der Waals surface area contributed by atoms with E-state index in [0.29, 0.717) is 5.39 Å². The van der Waals surface area contributed by atoms with E-state index in [1.807, 2.05) is 0 Å². The van der Waals surface area contributed by atoms with Crippen LogP contribution in [0.3, 0.4) is 0 Å². The summed E-state index contributed by atoms with van der Waals surface area (Å²) in [5, 5.41) is 20.6. The summed E-state index contributed by atoms with van der Waals surface area (Å²) in [6.07, 6.45) is 0.854. The molecule has 2 aromatic rings. The monoisotopic (exact) mass is 260 g/mol. The van der Waals surface area contributed by atoms with Crippen molar-refractivity contribution in [2.75, 3.05) is 6.54 Å². The van der Waals surface area contributed by atoms with Gasteiger partial charge >= 0.3 is 5.63 Å². The lowest BCUT2D eigenvalue weighted by molar-refractivity contribution is -0.305. The van der Waals surface area contributed by atoms with Gasteiger partial charge in [-0.1, -0.05) is 12.1 Å². The zero-order valence-electron chi connectivity index (χ0n) is 9.83. The molecule has 0 aliphatic carbocycles. The van der Waals surface area contributed by atoms with E-state index in [2.05, 4.69) is 4.99 Å². The molecule has 2 rings (SSSR count). The van der Waals surface area contributed by atoms with Crippen molar-refractivity contribution in [3.8, 4) is 5.75 Å². The van der Waals surface area contributed by atoms with E-state index in [1.165, 1.54) is 0 Å². The van der Waals surface area contributed by atoms with Gasteiger partial charge in [-0.05, 0) is 12.1 Å². The highest BCUT2D eigenvalue weighted by molar-refractivity contribution is 5.93. The van der Waals surface area contributed by atoms with Crippen molar-refractivity contribution in [3.63, 3.8) is 0 Å². The highest BCUT2D eigenvalue weighted by Crippen LogP contribution is 2.24. The van der Waals surface area contributed by atoms with Crippen LogP contribution in [0.1, 0.15) is 12.0 Å². The van der Waals surface area contributed by atoms with Gasteiger partial charge in [0.05, 0.1) is 5.39 Å². The van der Waals surface area contributed by atoms with Crippen molar-refractivity contribution in [1.29, 1.82) is 0 Å². The molecule has 6 heteroatoms. The minimum absolute atomic E-state index is 0.0337. The predicted molar refractivity (Wildman–Crippen MR) is 66.2 cm³/mol. The molecule has 6 nitrogen and oxygen atoms in total. The number of aliphatic imine (C=N–C) groups is 1. The molecule has 0 saturated heterocycles. The highest BCUT2D eigenvalue weighted by Gasteiger charge is 2.11. The molecule has 0 saturated carbocycles. The van der Waals surface area contributed by atoms with Gasteiger partial charge in [-0.3, -0.25) is 4.99 Å². The second kappa shape index (κ2) is 5.34. The molecular weight excluding hydrogens is 250 g/mol. The van der Waals surface area contributed by atoms with Gasteiger partial charge in [0.25, 0.3) is 0 Å². The smallest absolute Gasteiger partial charge is 0.348 e. The average Bonchev–Trinajstić information content (AvgIpc) is 2.37. The minimum Gasteiger partial charge on any atom is -0.550 e. The van der Waals surface area contributed by atoms with Crippen LogP contribution in [0.2, 0.25) is 0 Å². The topological polar surface area (TPSA) is 103 Å². The molecule has 19 heavy (non-hydrogen) atoms. The third-order valence-electron chi connectivity index (χ3n) is 2.49. The molecule has 1 aromatic heterocycles. The molecule has 1 heterocycles. The molecule has 0 fully saturated rings. The Kier molecular flexibility index (Phi) is 3.61. The number of nitrogens with zero attached hydrogens (tertiary/aromatic N) is 1. The van der Waals surface area contributed by atoms with Crippen molar-refractivity contribution in [2.45, 2.75) is 6.42 Å². The first-order valence-electron chi connectivity index (χ1n) is 5.54. The van der Waals surface area contributed by atoms with Crippen molar-refractivity contribution < 1.29 is 19.4 Å². The Hall–Kier alpha value is -2.63. The standard InChI is InChI=1S/C13H11NO5/c15-11(16)5-6-14-7-9-12(17)8-3-1-2-4-10(8)19-13(9)18/h1-4,7,17H,5-6H2,(H,15,16)/p-1. The molecule has 0 aliphatic rings. The third-order valence-corrected chi connectivity index (χ3v) is 2.49. The summed E-state index contributed by atoms with van der Waals surface area (Å²) in [6.45, 7) is -0.0337. The van der Waals surface area contributed by atoms with Crippen molar-refractivity contribution >= 4 is 23.2 Å². The Bertz CT molecular complexity index is 702. The van der Waals surface area contributed by atoms with Gasteiger partial charge < -0.3 is 19.4 Å². The summed E-state index contributed by atoms with van der Waals surface area (Å²) in [4.78, 5) is 25.6. The zero-order valence-corrected chi connectivity index (χ0v) is 9.83. The Morgan fingerprint density at radius 2 is 2.16 bits per heavy atom. The Labute approximate surface area is 107 Å². The first-order valence-corrected chi connectivity index (χ1v) is 5.54. The highest BCUT2D eigenvalue weighted by atomic mass is 16.4. The Morgan fingerprint density at radius 3 is 2.89 bits per heavy atom. The predicted octanol–water partition coefficient (Wildman–Crippen LogP) is 0.0575. The molecule has 0 unspecified atom stereocenters. The Morgan fingerprint density at radius 1 is 1.42 bits per heavy atom. The van der Waals surface area contributed by atoms with Crippen LogP contribution in [0.5, 0.6) is 5.75 Å². The van der Waals surface area contributed by atoms with Crippen LogP contribution in [-0.4, -0.2) is 23.8 Å². The van der Waals surface area contributed by atoms with E-state index >= 15 is 0 Å². The maximum absolute atomic E-state index is 11.6. The number of rotatable bonds is 4. The first-order chi connectivity index (χ1) is 9.09. The molecule has 0 bridgehead atoms. The summed E-state index contributed by atoms with van der Waals surface area (Å²) in [5.74, 6) is -1.46. The first kappa shape index (κ1) is 12.8. The van der Waals surface area contributed by atoms with Gasteiger partial charge in [0.2, 0.25) is 0 Å². The van der Waals surface area contributed by atoms with Crippen LogP contribution in [0.4, 0.5) is 0 Å². The number of carboxylic acids is 1. The molecule has 1 N–H and O–H groups in total. The second-order valence-electron chi connectivity index (χ2n) is 3.81. The van der Waals surface area contributed by atoms with Crippen LogP contribution >= 0.6 is 0 Å². The molecule has 0 amide bonds. The number of benzene rings is 1. The van der Waals surface area contributed by atoms with E-state index < -0.39 is 11.6 Å². The average molecular weight is 260 g/mol. The summed E-state index contributed by atoms with van der Waals surface area (Å²) in [6, 6.07) is 6.54. The van der Waals surface area contributed by atoms with E-state index in [-0.39, 0.29) is 29.9 Å². The quantitative estimate of drug-likeness (QED) is 0.618. The number of carbonyl (C=O) groups is 1. The maximum Gasteiger partial charge on any atom is 0.348 e. The van der Waals surface area contributed by atoms with E-state index in [9.17, 15) is 19.8 Å². The van der Waals surface area contributed by atoms with E-state index in [0.717, 1.165) is 6.21 Å². The summed E-state index contributed by atoms with van der Waals surface area (Å²) in [5.41, 5.74) is -0.553. The Balaban J connectivity index is 2.38. The number of aromatic hydroxyl groups is 1. The lowest BCUT2D eigenvalue weighted by atomic mass is 10.1. The largest absolute Gasteiger partial charge is 0.550 e. The number of carbonyl (C=O) groups excluding carboxylic acids is 1. The molecular formula is C13H10NO5-. The third kappa shape index (κ3) is 2.79. The van der Waals surface area contributed by atoms with Gasteiger partial charge in [-0.25, -0.2) is 4.79 Å². The summed E-state index contributed by atoms with van der Waals surface area (Å²) >= 11 is 0. The minimum atomic E-state index is -1.23. The lowest BCUT2D eigenvalue weighted by Crippen LogP contribution is -2.22. The molecule has 0 radical (unpaired) electrons. The second-order valence-corrected chi connectivity index (χ2v) is 3.81. The van der Waals surface area contributed by atoms with Crippen LogP contribution < -0.4 is 10.7 Å². The van der Waals surface area contributed by atoms with Gasteiger partial charge in [0, 0.05) is 25.1 Å². The molecule has 98 valence electrons. The number of para-hydroxylation sites is 1. The van der Waals surface area contributed by atoms with E-state index in [1.54, 1.807) is 24.3 Å². The van der Waals surface area contributed by atoms with Crippen molar-refractivity contribution in [3.05, 3.63) is 40.2 Å².